The van der Waals surface area contributed by atoms with Gasteiger partial charge in [0.2, 0.25) is 0 Å². The molecule has 0 aliphatic carbocycles. The van der Waals surface area contributed by atoms with Gasteiger partial charge in [-0.2, -0.15) is 0 Å². The molecule has 0 aromatic heterocycles. The van der Waals surface area contributed by atoms with Crippen LogP contribution in [0.2, 0.25) is 0 Å². The lowest BCUT2D eigenvalue weighted by Gasteiger charge is -2.05. The number of allylic oxidation sites excluding steroid dienone is 1. The van der Waals surface area contributed by atoms with Crippen LogP contribution < -0.4 is 0 Å². The van der Waals surface area contributed by atoms with Crippen molar-refractivity contribution in [1.29, 1.82) is 0 Å². The van der Waals surface area contributed by atoms with E-state index in [0.29, 0.717) is 0 Å². The van der Waals surface area contributed by atoms with E-state index in [4.69, 9.17) is 0 Å². The zero-order valence-corrected chi connectivity index (χ0v) is 12.9. The molecule has 0 saturated carbocycles. The van der Waals surface area contributed by atoms with Crippen molar-refractivity contribution in [1.82, 2.24) is 0 Å². The molecule has 0 amide bonds. The van der Waals surface area contributed by atoms with Gasteiger partial charge in [0.05, 0.1) is 0 Å². The molecule has 0 bridgehead atoms. The molecular weight excluding hydrogens is 252 g/mol. The van der Waals surface area contributed by atoms with Gasteiger partial charge in [-0.15, -0.1) is 6.58 Å². The predicted octanol–water partition coefficient (Wildman–Crippen LogP) is 5.76. The third kappa shape index (κ3) is 5.99. The molecule has 0 spiro atoms. The molecule has 0 heteroatoms. The van der Waals surface area contributed by atoms with Crippen LogP contribution >= 0.6 is 0 Å². The Morgan fingerprint density at radius 1 is 0.619 bits per heavy atom. The molecule has 21 heavy (non-hydrogen) atoms. The lowest BCUT2D eigenvalue weighted by molar-refractivity contribution is 0.747. The minimum absolute atomic E-state index is 1.14. The number of unbranched alkanes of at least 4 members (excludes halogenated alkanes) is 2. The molecule has 2 rings (SSSR count). The smallest absolute Gasteiger partial charge is 0.0276 e. The number of hydrogen-bond acceptors (Lipinski definition) is 0. The Kier molecular flexibility index (Phi) is 6.80. The first kappa shape index (κ1) is 15.6. The van der Waals surface area contributed by atoms with Gasteiger partial charge in [-0.05, 0) is 61.6 Å². The van der Waals surface area contributed by atoms with E-state index in [1.165, 1.54) is 55.2 Å². The quantitative estimate of drug-likeness (QED) is 0.404. The second kappa shape index (κ2) is 9.18. The lowest BCUT2D eigenvalue weighted by Crippen LogP contribution is -1.91. The topological polar surface area (TPSA) is 0 Å². The minimum Gasteiger partial charge on any atom is -0.103 e. The highest BCUT2D eigenvalue weighted by molar-refractivity contribution is 5.23. The Bertz CT molecular complexity index is 507. The maximum absolute atomic E-state index is 3.77. The molecule has 0 N–H and O–H groups in total. The van der Waals surface area contributed by atoms with Gasteiger partial charge in [0.25, 0.3) is 0 Å². The highest BCUT2D eigenvalue weighted by Crippen LogP contribution is 2.12. The van der Waals surface area contributed by atoms with E-state index in [0.717, 1.165) is 6.42 Å². The van der Waals surface area contributed by atoms with Crippen molar-refractivity contribution in [2.45, 2.75) is 44.9 Å². The normalized spacial score (nSPS) is 10.5. The van der Waals surface area contributed by atoms with Crippen LogP contribution in [0.5, 0.6) is 0 Å². The van der Waals surface area contributed by atoms with Crippen molar-refractivity contribution < 1.29 is 0 Å². The highest BCUT2D eigenvalue weighted by Gasteiger charge is 1.97. The van der Waals surface area contributed by atoms with Crippen molar-refractivity contribution in [2.24, 2.45) is 0 Å². The molecular formula is C21H26. The highest BCUT2D eigenvalue weighted by atomic mass is 14.0. The summed E-state index contributed by atoms with van der Waals surface area (Å²) in [6, 6.07) is 19.9. The van der Waals surface area contributed by atoms with Crippen molar-refractivity contribution in [3.05, 3.63) is 83.9 Å². The molecule has 0 fully saturated rings. The number of hydrogen-bond donors (Lipinski definition) is 0. The van der Waals surface area contributed by atoms with Gasteiger partial charge in [0.15, 0.2) is 0 Å². The molecule has 0 aliphatic rings. The molecule has 0 aliphatic heterocycles. The van der Waals surface area contributed by atoms with Gasteiger partial charge in [-0.1, -0.05) is 60.7 Å². The van der Waals surface area contributed by atoms with Gasteiger partial charge in [-0.3, -0.25) is 0 Å². The largest absolute Gasteiger partial charge is 0.103 e. The van der Waals surface area contributed by atoms with Crippen LogP contribution in [0.15, 0.2) is 67.3 Å². The van der Waals surface area contributed by atoms with E-state index < -0.39 is 0 Å². The molecule has 0 radical (unpaired) electrons. The summed E-state index contributed by atoms with van der Waals surface area (Å²) in [6.07, 6.45) is 10.4. The summed E-state index contributed by atoms with van der Waals surface area (Å²) in [5.74, 6) is 0. The van der Waals surface area contributed by atoms with E-state index >= 15 is 0 Å². The van der Waals surface area contributed by atoms with E-state index in [1.807, 2.05) is 6.08 Å². The van der Waals surface area contributed by atoms with Crippen LogP contribution in [-0.2, 0) is 19.3 Å². The predicted molar refractivity (Wildman–Crippen MR) is 92.7 cm³/mol. The molecule has 0 heterocycles. The molecule has 0 atom stereocenters. The van der Waals surface area contributed by atoms with E-state index in [2.05, 4.69) is 61.2 Å². The molecule has 0 unspecified atom stereocenters. The van der Waals surface area contributed by atoms with Crippen LogP contribution in [0.3, 0.4) is 0 Å². The van der Waals surface area contributed by atoms with Crippen LogP contribution in [0.25, 0.3) is 0 Å². The average molecular weight is 278 g/mol. The van der Waals surface area contributed by atoms with Crippen molar-refractivity contribution in [2.75, 3.05) is 0 Å². The fraction of sp³-hybridized carbons (Fsp3) is 0.333. The Balaban J connectivity index is 1.71. The van der Waals surface area contributed by atoms with Crippen LogP contribution in [0.4, 0.5) is 0 Å². The summed E-state index contributed by atoms with van der Waals surface area (Å²) in [7, 11) is 0. The Morgan fingerprint density at radius 2 is 1.14 bits per heavy atom. The number of aryl methyl sites for hydroxylation is 3. The summed E-state index contributed by atoms with van der Waals surface area (Å²) in [5, 5.41) is 0. The zero-order valence-electron chi connectivity index (χ0n) is 12.9. The SMILES string of the molecule is C=CCCCCc1ccc(CCCc2ccccc2)cc1. The maximum atomic E-state index is 3.77. The standard InChI is InChI=1S/C21H26/c1-2-3-4-6-12-20-15-17-21(18-16-20)14-9-13-19-10-7-5-8-11-19/h2,5,7-8,10-11,15-18H,1,3-4,6,9,12-14H2. The lowest BCUT2D eigenvalue weighted by atomic mass is 10.0. The van der Waals surface area contributed by atoms with Gasteiger partial charge in [0.1, 0.15) is 0 Å². The van der Waals surface area contributed by atoms with Crippen molar-refractivity contribution in [3.63, 3.8) is 0 Å². The first-order valence-electron chi connectivity index (χ1n) is 8.11. The summed E-state index contributed by atoms with van der Waals surface area (Å²) >= 11 is 0. The van der Waals surface area contributed by atoms with Crippen LogP contribution in [0.1, 0.15) is 42.4 Å². The first-order chi connectivity index (χ1) is 10.4. The maximum Gasteiger partial charge on any atom is -0.0276 e. The van der Waals surface area contributed by atoms with Gasteiger partial charge in [-0.25, -0.2) is 0 Å². The monoisotopic (exact) mass is 278 g/mol. The van der Waals surface area contributed by atoms with Gasteiger partial charge in [0, 0.05) is 0 Å². The summed E-state index contributed by atoms with van der Waals surface area (Å²) in [5.41, 5.74) is 4.36. The second-order valence-corrected chi connectivity index (χ2v) is 5.69. The Morgan fingerprint density at radius 3 is 1.71 bits per heavy atom. The number of benzene rings is 2. The van der Waals surface area contributed by atoms with Crippen LogP contribution in [-0.4, -0.2) is 0 Å². The molecule has 0 nitrogen and oxygen atoms in total. The fourth-order valence-electron chi connectivity index (χ4n) is 2.63. The molecule has 2 aromatic rings. The summed E-state index contributed by atoms with van der Waals surface area (Å²) in [6.45, 7) is 3.77. The van der Waals surface area contributed by atoms with Gasteiger partial charge < -0.3 is 0 Å². The van der Waals surface area contributed by atoms with Gasteiger partial charge >= 0.3 is 0 Å². The summed E-state index contributed by atoms with van der Waals surface area (Å²) in [4.78, 5) is 0. The average Bonchev–Trinajstić information content (AvgIpc) is 2.54. The number of rotatable bonds is 9. The third-order valence-corrected chi connectivity index (χ3v) is 3.92. The van der Waals surface area contributed by atoms with Crippen LogP contribution in [0, 0.1) is 0 Å². The molecule has 110 valence electrons. The van der Waals surface area contributed by atoms with Crippen molar-refractivity contribution in [3.8, 4) is 0 Å². The van der Waals surface area contributed by atoms with E-state index in [-0.39, 0.29) is 0 Å². The first-order valence-corrected chi connectivity index (χ1v) is 8.11. The second-order valence-electron chi connectivity index (χ2n) is 5.69. The molecule has 0 saturated heterocycles. The Labute approximate surface area is 129 Å². The third-order valence-electron chi connectivity index (χ3n) is 3.92. The Hall–Kier alpha value is -1.82. The zero-order chi connectivity index (χ0) is 14.8. The van der Waals surface area contributed by atoms with E-state index in [1.54, 1.807) is 0 Å². The summed E-state index contributed by atoms with van der Waals surface area (Å²) < 4.78 is 0. The van der Waals surface area contributed by atoms with Crippen molar-refractivity contribution >= 4 is 0 Å². The van der Waals surface area contributed by atoms with E-state index in [9.17, 15) is 0 Å². The fourth-order valence-corrected chi connectivity index (χ4v) is 2.63. The molecule has 2 aromatic carbocycles. The minimum atomic E-state index is 1.14.